The Morgan fingerprint density at radius 2 is 1.89 bits per heavy atom. The summed E-state index contributed by atoms with van der Waals surface area (Å²) in [5.74, 6) is 2.02. The summed E-state index contributed by atoms with van der Waals surface area (Å²) in [4.78, 5) is 14.7. The molecule has 0 fully saturated rings. The van der Waals surface area contributed by atoms with Crippen LogP contribution in [0.25, 0.3) is 11.7 Å². The number of carbonyl (C=O) groups excluding carboxylic acids is 1. The topological polar surface area (TPSA) is 90.8 Å². The lowest BCUT2D eigenvalue weighted by molar-refractivity contribution is 0.0728. The number of amides is 1. The first-order valence-electron chi connectivity index (χ1n) is 8.53. The molecule has 0 bridgehead atoms. The molecule has 0 atom stereocenters. The van der Waals surface area contributed by atoms with E-state index in [4.69, 9.17) is 18.3 Å². The van der Waals surface area contributed by atoms with Gasteiger partial charge in [-0.15, -0.1) is 10.2 Å². The molecular weight excluding hydrogens is 350 g/mol. The fourth-order valence-corrected chi connectivity index (χ4v) is 2.62. The van der Waals surface area contributed by atoms with Gasteiger partial charge in [0.05, 0.1) is 27.0 Å². The van der Waals surface area contributed by atoms with Crippen molar-refractivity contribution < 1.29 is 23.1 Å². The Morgan fingerprint density at radius 3 is 2.48 bits per heavy atom. The van der Waals surface area contributed by atoms with Gasteiger partial charge < -0.3 is 23.2 Å². The lowest BCUT2D eigenvalue weighted by Gasteiger charge is -2.21. The molecule has 0 aliphatic carbocycles. The summed E-state index contributed by atoms with van der Waals surface area (Å²) in [6.07, 6.45) is 2.31. The number of benzene rings is 1. The molecule has 27 heavy (non-hydrogen) atoms. The second-order valence-corrected chi connectivity index (χ2v) is 5.81. The first kappa shape index (κ1) is 18.5. The Hall–Kier alpha value is -3.29. The van der Waals surface area contributed by atoms with Crippen molar-refractivity contribution in [1.29, 1.82) is 0 Å². The molecule has 0 saturated carbocycles. The van der Waals surface area contributed by atoms with E-state index in [0.29, 0.717) is 35.3 Å². The second-order valence-electron chi connectivity index (χ2n) is 5.81. The number of nitrogens with zero attached hydrogens (tertiary/aromatic N) is 3. The van der Waals surface area contributed by atoms with Crippen LogP contribution < -0.4 is 9.47 Å². The number of ether oxygens (including phenoxy) is 2. The van der Waals surface area contributed by atoms with Gasteiger partial charge in [0.1, 0.15) is 11.5 Å². The van der Waals surface area contributed by atoms with Crippen LogP contribution in [-0.2, 0) is 6.54 Å². The Morgan fingerprint density at radius 1 is 1.15 bits per heavy atom. The lowest BCUT2D eigenvalue weighted by atomic mass is 10.1. The molecule has 8 heteroatoms. The van der Waals surface area contributed by atoms with Crippen LogP contribution in [0.1, 0.15) is 29.6 Å². The van der Waals surface area contributed by atoms with Crippen LogP contribution in [0.5, 0.6) is 11.5 Å². The number of carbonyl (C=O) groups is 1. The maximum absolute atomic E-state index is 13.0. The third-order valence-electron chi connectivity index (χ3n) is 3.90. The number of furan rings is 1. The van der Waals surface area contributed by atoms with E-state index < -0.39 is 0 Å². The fourth-order valence-electron chi connectivity index (χ4n) is 2.62. The maximum Gasteiger partial charge on any atom is 0.283 e. The van der Waals surface area contributed by atoms with Gasteiger partial charge in [-0.05, 0) is 30.7 Å². The van der Waals surface area contributed by atoms with Crippen molar-refractivity contribution in [2.24, 2.45) is 0 Å². The van der Waals surface area contributed by atoms with Gasteiger partial charge in [0.15, 0.2) is 5.76 Å². The zero-order valence-electron chi connectivity index (χ0n) is 15.5. The van der Waals surface area contributed by atoms with Gasteiger partial charge in [-0.2, -0.15) is 0 Å². The molecule has 0 aliphatic heterocycles. The molecule has 0 unspecified atom stereocenters. The molecule has 0 spiro atoms. The predicted octanol–water partition coefficient (Wildman–Crippen LogP) is 3.40. The van der Waals surface area contributed by atoms with Crippen molar-refractivity contribution in [2.75, 3.05) is 20.8 Å². The maximum atomic E-state index is 13.0. The van der Waals surface area contributed by atoms with Gasteiger partial charge in [0.2, 0.25) is 5.89 Å². The molecule has 0 N–H and O–H groups in total. The lowest BCUT2D eigenvalue weighted by Crippen LogP contribution is -2.31. The van der Waals surface area contributed by atoms with Crippen LogP contribution in [-0.4, -0.2) is 41.8 Å². The Labute approximate surface area is 156 Å². The number of aromatic nitrogens is 2. The number of methoxy groups -OCH3 is 2. The van der Waals surface area contributed by atoms with Gasteiger partial charge in [0, 0.05) is 18.2 Å². The average molecular weight is 371 g/mol. The van der Waals surface area contributed by atoms with E-state index in [9.17, 15) is 4.79 Å². The average Bonchev–Trinajstić information content (AvgIpc) is 3.38. The monoisotopic (exact) mass is 371 g/mol. The molecule has 0 aliphatic rings. The molecule has 2 heterocycles. The third-order valence-corrected chi connectivity index (χ3v) is 3.90. The van der Waals surface area contributed by atoms with Crippen molar-refractivity contribution in [3.8, 4) is 23.1 Å². The number of hydrogen-bond acceptors (Lipinski definition) is 7. The van der Waals surface area contributed by atoms with Crippen molar-refractivity contribution in [3.63, 3.8) is 0 Å². The van der Waals surface area contributed by atoms with E-state index in [1.807, 2.05) is 6.92 Å². The predicted molar refractivity (Wildman–Crippen MR) is 96.6 cm³/mol. The van der Waals surface area contributed by atoms with E-state index in [2.05, 4.69) is 10.2 Å². The van der Waals surface area contributed by atoms with E-state index in [0.717, 1.165) is 6.42 Å². The highest BCUT2D eigenvalue weighted by molar-refractivity contribution is 5.95. The molecule has 142 valence electrons. The van der Waals surface area contributed by atoms with Crippen molar-refractivity contribution in [1.82, 2.24) is 15.1 Å². The van der Waals surface area contributed by atoms with E-state index in [1.54, 1.807) is 49.5 Å². The summed E-state index contributed by atoms with van der Waals surface area (Å²) in [5, 5.41) is 7.99. The Bertz CT molecular complexity index is 866. The van der Waals surface area contributed by atoms with Crippen molar-refractivity contribution in [3.05, 3.63) is 48.0 Å². The minimum absolute atomic E-state index is 0.174. The SMILES string of the molecule is CCCN(Cc1nnc(-c2ccco2)o1)C(=O)c1cc(OC)cc(OC)c1. The van der Waals surface area contributed by atoms with Gasteiger partial charge in [-0.3, -0.25) is 4.79 Å². The highest BCUT2D eigenvalue weighted by atomic mass is 16.5. The van der Waals surface area contributed by atoms with Gasteiger partial charge in [-0.25, -0.2) is 0 Å². The van der Waals surface area contributed by atoms with Crippen LogP contribution in [0.15, 0.2) is 45.4 Å². The minimum atomic E-state index is -0.174. The molecule has 2 aromatic heterocycles. The summed E-state index contributed by atoms with van der Waals surface area (Å²) in [7, 11) is 3.09. The van der Waals surface area contributed by atoms with Crippen LogP contribution in [0, 0.1) is 0 Å². The molecule has 1 amide bonds. The summed E-state index contributed by atoms with van der Waals surface area (Å²) in [6, 6.07) is 8.54. The highest BCUT2D eigenvalue weighted by Crippen LogP contribution is 2.24. The van der Waals surface area contributed by atoms with Crippen molar-refractivity contribution >= 4 is 5.91 Å². The highest BCUT2D eigenvalue weighted by Gasteiger charge is 2.21. The number of hydrogen-bond donors (Lipinski definition) is 0. The first-order chi connectivity index (χ1) is 13.1. The molecule has 1 aromatic carbocycles. The number of rotatable bonds is 8. The zero-order valence-corrected chi connectivity index (χ0v) is 15.5. The third kappa shape index (κ3) is 4.28. The first-order valence-corrected chi connectivity index (χ1v) is 8.53. The zero-order chi connectivity index (χ0) is 19.2. The molecule has 3 rings (SSSR count). The van der Waals surface area contributed by atoms with Crippen LogP contribution in [0.3, 0.4) is 0 Å². The van der Waals surface area contributed by atoms with Gasteiger partial charge >= 0.3 is 0 Å². The normalized spacial score (nSPS) is 10.6. The second kappa shape index (κ2) is 8.39. The minimum Gasteiger partial charge on any atom is -0.497 e. The van der Waals surface area contributed by atoms with E-state index >= 15 is 0 Å². The quantitative estimate of drug-likeness (QED) is 0.599. The van der Waals surface area contributed by atoms with Crippen LogP contribution in [0.4, 0.5) is 0 Å². The molecule has 8 nitrogen and oxygen atoms in total. The summed E-state index contributed by atoms with van der Waals surface area (Å²) in [6.45, 7) is 2.73. The van der Waals surface area contributed by atoms with Crippen LogP contribution in [0.2, 0.25) is 0 Å². The standard InChI is InChI=1S/C19H21N3O5/c1-4-7-22(12-17-20-21-18(27-17)16-6-5-8-26-16)19(23)13-9-14(24-2)11-15(10-13)25-3/h5-6,8-11H,4,7,12H2,1-3H3. The van der Waals surface area contributed by atoms with Gasteiger partial charge in [0.25, 0.3) is 11.8 Å². The fraction of sp³-hybridized carbons (Fsp3) is 0.316. The molecule has 0 saturated heterocycles. The Kier molecular flexibility index (Phi) is 5.75. The smallest absolute Gasteiger partial charge is 0.283 e. The largest absolute Gasteiger partial charge is 0.497 e. The Balaban J connectivity index is 1.82. The molecule has 0 radical (unpaired) electrons. The van der Waals surface area contributed by atoms with Crippen molar-refractivity contribution in [2.45, 2.75) is 19.9 Å². The summed E-state index contributed by atoms with van der Waals surface area (Å²) < 4.78 is 21.4. The summed E-state index contributed by atoms with van der Waals surface area (Å²) >= 11 is 0. The van der Waals surface area contributed by atoms with Gasteiger partial charge in [-0.1, -0.05) is 6.92 Å². The molecular formula is C19H21N3O5. The van der Waals surface area contributed by atoms with E-state index in [1.165, 1.54) is 6.26 Å². The van der Waals surface area contributed by atoms with Crippen LogP contribution >= 0.6 is 0 Å². The summed E-state index contributed by atoms with van der Waals surface area (Å²) in [5.41, 5.74) is 0.463. The van der Waals surface area contributed by atoms with E-state index in [-0.39, 0.29) is 18.3 Å². The molecule has 3 aromatic rings.